The summed E-state index contributed by atoms with van der Waals surface area (Å²) in [4.78, 5) is 12.9. The summed E-state index contributed by atoms with van der Waals surface area (Å²) in [6, 6.07) is 24.0. The molecular weight excluding hydrogens is 505 g/mol. The Morgan fingerprint density at radius 1 is 0.789 bits per heavy atom. The molecule has 0 spiro atoms. The van der Waals surface area contributed by atoms with E-state index in [1.165, 1.54) is 12.1 Å². The van der Waals surface area contributed by atoms with E-state index in [1.807, 2.05) is 60.7 Å². The predicted octanol–water partition coefficient (Wildman–Crippen LogP) is 7.29. The highest BCUT2D eigenvalue weighted by Crippen LogP contribution is 2.38. The minimum absolute atomic E-state index is 0.00204. The van der Waals surface area contributed by atoms with Gasteiger partial charge in [-0.05, 0) is 65.5 Å². The lowest BCUT2D eigenvalue weighted by molar-refractivity contribution is -0.0687. The second-order valence-electron chi connectivity index (χ2n) is 11.3. The van der Waals surface area contributed by atoms with Gasteiger partial charge >= 0.3 is 12.1 Å². The predicted molar refractivity (Wildman–Crippen MR) is 149 cm³/mol. The number of ether oxygens (including phenoxy) is 1. The second kappa shape index (κ2) is 10.9. The minimum Gasteiger partial charge on any atom is -0.456 e. The summed E-state index contributed by atoms with van der Waals surface area (Å²) in [6.07, 6.45) is -4.65. The number of alkyl halides is 3. The maximum atomic E-state index is 13.6. The van der Waals surface area contributed by atoms with Gasteiger partial charge in [0.25, 0.3) is 8.32 Å². The molecule has 0 amide bonds. The fourth-order valence-corrected chi connectivity index (χ4v) is 9.06. The fourth-order valence-electron chi connectivity index (χ4n) is 4.52. The van der Waals surface area contributed by atoms with Crippen molar-refractivity contribution in [2.75, 3.05) is 0 Å². The van der Waals surface area contributed by atoms with Crippen molar-refractivity contribution in [3.63, 3.8) is 0 Å². The number of allylic oxidation sites excluding steroid dienone is 1. The molecule has 0 bridgehead atoms. The molecule has 0 radical (unpaired) electrons. The molecule has 0 heterocycles. The first-order chi connectivity index (χ1) is 17.5. The summed E-state index contributed by atoms with van der Waals surface area (Å²) in [5, 5.41) is 1.76. The highest BCUT2D eigenvalue weighted by molar-refractivity contribution is 6.99. The van der Waals surface area contributed by atoms with Gasteiger partial charge in [-0.2, -0.15) is 13.2 Å². The Hall–Kier alpha value is -3.16. The van der Waals surface area contributed by atoms with Crippen LogP contribution in [0.3, 0.4) is 0 Å². The molecule has 0 atom stereocenters. The van der Waals surface area contributed by atoms with Crippen LogP contribution in [-0.4, -0.2) is 26.1 Å². The van der Waals surface area contributed by atoms with Gasteiger partial charge in [0.15, 0.2) is 0 Å². The molecule has 0 aliphatic rings. The van der Waals surface area contributed by atoms with Crippen LogP contribution < -0.4 is 10.4 Å². The summed E-state index contributed by atoms with van der Waals surface area (Å²) in [7, 11) is -2.96. The number of esters is 1. The summed E-state index contributed by atoms with van der Waals surface area (Å²) >= 11 is 0. The highest BCUT2D eigenvalue weighted by Gasteiger charge is 2.50. The molecule has 0 fully saturated rings. The van der Waals surface area contributed by atoms with Gasteiger partial charge in [-0.25, -0.2) is 4.79 Å². The van der Waals surface area contributed by atoms with Crippen LogP contribution >= 0.6 is 0 Å². The Morgan fingerprint density at radius 3 is 1.68 bits per heavy atom. The summed E-state index contributed by atoms with van der Waals surface area (Å²) < 4.78 is 53.2. The van der Waals surface area contributed by atoms with Crippen molar-refractivity contribution in [2.45, 2.75) is 65.0 Å². The Balaban J connectivity index is 2.14. The molecule has 0 unspecified atom stereocenters. The van der Waals surface area contributed by atoms with Crippen LogP contribution in [0.15, 0.2) is 85.4 Å². The molecule has 3 nitrogen and oxygen atoms in total. The van der Waals surface area contributed by atoms with Crippen LogP contribution in [0.4, 0.5) is 13.2 Å². The van der Waals surface area contributed by atoms with E-state index < -0.39 is 31.6 Å². The third-order valence-corrected chi connectivity index (χ3v) is 11.2. The first kappa shape index (κ1) is 29.4. The van der Waals surface area contributed by atoms with Gasteiger partial charge in [0.1, 0.15) is 5.60 Å². The van der Waals surface area contributed by atoms with Crippen molar-refractivity contribution < 1.29 is 27.1 Å². The summed E-state index contributed by atoms with van der Waals surface area (Å²) in [6.45, 7) is 14.7. The maximum Gasteiger partial charge on any atom is 0.416 e. The van der Waals surface area contributed by atoms with E-state index in [2.05, 4.69) is 27.4 Å². The van der Waals surface area contributed by atoms with E-state index in [4.69, 9.17) is 9.16 Å². The average molecular weight is 541 g/mol. The molecule has 202 valence electrons. The molecule has 0 saturated heterocycles. The Morgan fingerprint density at radius 2 is 1.26 bits per heavy atom. The van der Waals surface area contributed by atoms with E-state index in [0.717, 1.165) is 10.4 Å². The van der Waals surface area contributed by atoms with Crippen molar-refractivity contribution in [3.8, 4) is 0 Å². The van der Waals surface area contributed by atoms with Gasteiger partial charge in [0.2, 0.25) is 0 Å². The summed E-state index contributed by atoms with van der Waals surface area (Å²) in [5.41, 5.74) is -1.58. The van der Waals surface area contributed by atoms with Gasteiger partial charge in [0.05, 0.1) is 17.7 Å². The van der Waals surface area contributed by atoms with Crippen molar-refractivity contribution in [1.82, 2.24) is 0 Å². The number of benzene rings is 3. The van der Waals surface area contributed by atoms with E-state index in [0.29, 0.717) is 5.56 Å². The van der Waals surface area contributed by atoms with E-state index >= 15 is 0 Å². The van der Waals surface area contributed by atoms with Crippen molar-refractivity contribution in [2.24, 2.45) is 0 Å². The number of hydrogen-bond acceptors (Lipinski definition) is 3. The summed E-state index contributed by atoms with van der Waals surface area (Å²) in [5.74, 6) is -0.707. The monoisotopic (exact) mass is 540 g/mol. The van der Waals surface area contributed by atoms with Crippen LogP contribution in [0, 0.1) is 0 Å². The number of rotatable bonds is 7. The van der Waals surface area contributed by atoms with Gasteiger partial charge in [-0.3, -0.25) is 0 Å². The molecule has 3 rings (SSSR count). The lowest BCUT2D eigenvalue weighted by atomic mass is 10.0. The Bertz CT molecular complexity index is 1230. The smallest absolute Gasteiger partial charge is 0.416 e. The topological polar surface area (TPSA) is 35.5 Å². The van der Waals surface area contributed by atoms with Crippen molar-refractivity contribution in [3.05, 3.63) is 102 Å². The zero-order valence-corrected chi connectivity index (χ0v) is 23.8. The molecule has 3 aromatic rings. The molecule has 0 N–H and O–H groups in total. The van der Waals surface area contributed by atoms with Crippen LogP contribution in [-0.2, 0) is 15.8 Å². The van der Waals surface area contributed by atoms with Gasteiger partial charge < -0.3 is 9.16 Å². The third kappa shape index (κ3) is 6.63. The quantitative estimate of drug-likeness (QED) is 0.233. The average Bonchev–Trinajstić information content (AvgIpc) is 2.82. The van der Waals surface area contributed by atoms with Gasteiger partial charge in [-0.1, -0.05) is 88.0 Å². The number of halogens is 3. The van der Waals surface area contributed by atoms with Crippen LogP contribution in [0.5, 0.6) is 0 Å². The molecule has 7 heteroatoms. The van der Waals surface area contributed by atoms with Crippen molar-refractivity contribution >= 4 is 30.2 Å². The molecular formula is C31H35F3O3Si. The molecule has 0 aromatic heterocycles. The highest BCUT2D eigenvalue weighted by atomic mass is 28.4. The first-order valence-electron chi connectivity index (χ1n) is 12.4. The second-order valence-corrected chi connectivity index (χ2v) is 15.7. The molecule has 0 aliphatic heterocycles. The molecule has 0 saturated carbocycles. The first-order valence-corrected chi connectivity index (χ1v) is 14.3. The van der Waals surface area contributed by atoms with E-state index in [-0.39, 0.29) is 22.8 Å². The zero-order chi connectivity index (χ0) is 28.4. The van der Waals surface area contributed by atoms with Gasteiger partial charge in [0, 0.05) is 0 Å². The SMILES string of the molecule is C=C(c1cc(CO[Si](c2ccccc2)(c2ccccc2)C(C)(C)C)cc(C(=O)OC(C)(C)C)c1)C(F)(F)F. The van der Waals surface area contributed by atoms with Crippen molar-refractivity contribution in [1.29, 1.82) is 0 Å². The molecule has 38 heavy (non-hydrogen) atoms. The largest absolute Gasteiger partial charge is 0.456 e. The lowest BCUT2D eigenvalue weighted by Gasteiger charge is -2.43. The van der Waals surface area contributed by atoms with E-state index in [9.17, 15) is 18.0 Å². The maximum absolute atomic E-state index is 13.6. The lowest BCUT2D eigenvalue weighted by Crippen LogP contribution is -2.66. The third-order valence-electron chi connectivity index (χ3n) is 6.19. The Kier molecular flexibility index (Phi) is 8.44. The van der Waals surface area contributed by atoms with Gasteiger partial charge in [-0.15, -0.1) is 0 Å². The standard InChI is InChI=1S/C31H35F3O3Si/c1-22(31(32,33)34)24-18-23(19-25(20-24)28(35)37-29(2,3)4)21-36-38(30(5,6)7,26-14-10-8-11-15-26)27-16-12-9-13-17-27/h8-20H,1,21H2,2-7H3. The number of carbonyl (C=O) groups is 1. The minimum atomic E-state index is -4.65. The van der Waals surface area contributed by atoms with Crippen LogP contribution in [0.25, 0.3) is 5.57 Å². The van der Waals surface area contributed by atoms with Crippen LogP contribution in [0.2, 0.25) is 5.04 Å². The fraction of sp³-hybridized carbons (Fsp3) is 0.323. The molecule has 0 aliphatic carbocycles. The Labute approximate surface area is 224 Å². The number of hydrogen-bond donors (Lipinski definition) is 0. The normalized spacial score (nSPS) is 12.8. The van der Waals surface area contributed by atoms with E-state index in [1.54, 1.807) is 26.8 Å². The zero-order valence-electron chi connectivity index (χ0n) is 22.8. The molecule has 3 aromatic carbocycles. The number of carbonyl (C=O) groups excluding carboxylic acids is 1. The van der Waals surface area contributed by atoms with Crippen LogP contribution in [0.1, 0.15) is 63.0 Å².